The van der Waals surface area contributed by atoms with Gasteiger partial charge in [0.25, 0.3) is 0 Å². The van der Waals surface area contributed by atoms with Gasteiger partial charge in [-0.1, -0.05) is 66.6 Å². The maximum atomic E-state index is 11.9. The highest BCUT2D eigenvalue weighted by Gasteiger charge is 2.56. The number of halogens is 1. The minimum atomic E-state index is -2.17. The molecular weight excluding hydrogens is 592 g/mol. The van der Waals surface area contributed by atoms with Crippen molar-refractivity contribution < 1.29 is 39.2 Å². The summed E-state index contributed by atoms with van der Waals surface area (Å²) in [7, 11) is 0. The maximum Gasteiger partial charge on any atom is 0.373 e. The Morgan fingerprint density at radius 2 is 1.73 bits per heavy atom. The van der Waals surface area contributed by atoms with E-state index >= 15 is 0 Å². The highest BCUT2D eigenvalue weighted by atomic mass is 35.5. The van der Waals surface area contributed by atoms with Gasteiger partial charge in [-0.2, -0.15) is 14.6 Å². The van der Waals surface area contributed by atoms with Gasteiger partial charge in [-0.25, -0.2) is 14.8 Å². The second kappa shape index (κ2) is 14.8. The fourth-order valence-corrected chi connectivity index (χ4v) is 5.16. The van der Waals surface area contributed by atoms with Crippen molar-refractivity contribution in [2.75, 3.05) is 6.61 Å². The monoisotopic (exact) mass is 620 g/mol. The summed E-state index contributed by atoms with van der Waals surface area (Å²) >= 11 is 6.26. The second-order valence-electron chi connectivity index (χ2n) is 9.97. The number of rotatable bonds is 11. The molecule has 3 N–H and O–H groups in total. The summed E-state index contributed by atoms with van der Waals surface area (Å²) in [4.78, 5) is 41.2. The fraction of sp³-hybridized carbons (Fsp3) is 0.323. The first-order chi connectivity index (χ1) is 21.2. The Morgan fingerprint density at radius 3 is 2.34 bits per heavy atom. The average molecular weight is 621 g/mol. The summed E-state index contributed by atoms with van der Waals surface area (Å²) in [5.41, 5.74) is 1.21. The number of aliphatic hydroxyl groups excluding tert-OH is 1. The molecular formula is C31H29ClN4O8. The van der Waals surface area contributed by atoms with Gasteiger partial charge >= 0.3 is 12.1 Å². The molecule has 1 unspecified atom stereocenters. The normalized spacial score (nSPS) is 21.5. The molecule has 2 aromatic heterocycles. The molecule has 1 saturated heterocycles. The van der Waals surface area contributed by atoms with Crippen LogP contribution in [0.5, 0.6) is 0 Å². The number of fused-ring (bicyclic) bond motifs is 1. The van der Waals surface area contributed by atoms with Gasteiger partial charge in [-0.05, 0) is 42.0 Å². The van der Waals surface area contributed by atoms with E-state index in [-0.39, 0.29) is 24.5 Å². The molecule has 44 heavy (non-hydrogen) atoms. The Morgan fingerprint density at radius 1 is 1.09 bits per heavy atom. The smallest absolute Gasteiger partial charge is 0.373 e. The molecule has 2 aromatic carbocycles. The number of carboxylic acid groups (broad SMARTS) is 1. The third-order valence-corrected chi connectivity index (χ3v) is 7.37. The van der Waals surface area contributed by atoms with Crippen LogP contribution in [0.4, 0.5) is 0 Å². The molecule has 5 atom stereocenters. The SMILES string of the molecule is C#C[C@@]1(O)[C@@H](COC(Cc2ccccc2)C(=O)O)O[C@@H](n2cnc3c(CCCc4ccccc4)nc(Cl)nc32)[C@@H]1O.O=C=O. The van der Waals surface area contributed by atoms with Gasteiger partial charge in [0.2, 0.25) is 5.28 Å². The Hall–Kier alpha value is -4.47. The highest BCUT2D eigenvalue weighted by molar-refractivity contribution is 6.28. The molecule has 0 aliphatic carbocycles. The highest BCUT2D eigenvalue weighted by Crippen LogP contribution is 2.39. The summed E-state index contributed by atoms with van der Waals surface area (Å²) in [5.74, 6) is 1.03. The number of aromatic nitrogens is 4. The Kier molecular flexibility index (Phi) is 10.9. The summed E-state index contributed by atoms with van der Waals surface area (Å²) in [6.45, 7) is -0.384. The average Bonchev–Trinajstić information content (AvgIpc) is 3.54. The van der Waals surface area contributed by atoms with Crippen LogP contribution in [0, 0.1) is 12.3 Å². The lowest BCUT2D eigenvalue weighted by molar-refractivity contribution is -0.191. The van der Waals surface area contributed by atoms with Gasteiger partial charge in [-0.3, -0.25) is 4.57 Å². The first-order valence-electron chi connectivity index (χ1n) is 13.6. The summed E-state index contributed by atoms with van der Waals surface area (Å²) in [6, 6.07) is 19.1. The van der Waals surface area contributed by atoms with E-state index in [1.54, 1.807) is 24.3 Å². The number of aliphatic hydroxyl groups is 2. The number of hydrogen-bond acceptors (Lipinski definition) is 10. The van der Waals surface area contributed by atoms with Gasteiger partial charge in [-0.15, -0.1) is 6.42 Å². The zero-order valence-corrected chi connectivity index (χ0v) is 24.1. The molecule has 4 aromatic rings. The lowest BCUT2D eigenvalue weighted by atomic mass is 9.93. The molecule has 12 nitrogen and oxygen atoms in total. The molecule has 5 rings (SSSR count). The van der Waals surface area contributed by atoms with Crippen LogP contribution in [0.25, 0.3) is 11.2 Å². The van der Waals surface area contributed by atoms with Crippen LogP contribution >= 0.6 is 11.6 Å². The zero-order valence-electron chi connectivity index (χ0n) is 23.3. The third-order valence-electron chi connectivity index (χ3n) is 7.20. The number of terminal acetylenes is 1. The lowest BCUT2D eigenvalue weighted by Crippen LogP contribution is -2.48. The number of nitrogens with zero attached hydrogens (tertiary/aromatic N) is 4. The molecule has 1 aliphatic heterocycles. The van der Waals surface area contributed by atoms with Crippen LogP contribution in [-0.2, 0) is 43.1 Å². The largest absolute Gasteiger partial charge is 0.479 e. The standard InChI is InChI=1S/C30H29ClN4O6.CO2/c1-2-30(39)23(17-40-22(28(37)38)16-20-12-7-4-8-13-20)41-27(25(30)36)35-18-32-24-21(33-29(31)34-26(24)35)15-9-14-19-10-5-3-6-11-19;2-1-3/h1,3-8,10-13,18,22-23,25,27,36,39H,9,14-17H2,(H,37,38);/t22?,23-,25+,27-,30-;/m1./s1. The minimum absolute atomic E-state index is 0.00115. The molecule has 0 bridgehead atoms. The molecule has 0 radical (unpaired) electrons. The molecule has 0 amide bonds. The number of carbonyl (C=O) groups is 1. The van der Waals surface area contributed by atoms with Crippen molar-refractivity contribution in [2.45, 2.75) is 55.8 Å². The molecule has 0 spiro atoms. The van der Waals surface area contributed by atoms with Crippen LogP contribution in [0.3, 0.4) is 0 Å². The van der Waals surface area contributed by atoms with E-state index in [0.717, 1.165) is 18.4 Å². The van der Waals surface area contributed by atoms with Crippen molar-refractivity contribution >= 4 is 34.9 Å². The van der Waals surface area contributed by atoms with E-state index in [1.807, 2.05) is 24.3 Å². The van der Waals surface area contributed by atoms with Crippen molar-refractivity contribution in [2.24, 2.45) is 0 Å². The van der Waals surface area contributed by atoms with Gasteiger partial charge in [0.15, 0.2) is 23.6 Å². The molecule has 228 valence electrons. The summed E-state index contributed by atoms with van der Waals surface area (Å²) in [5, 5.41) is 32.0. The molecule has 1 aliphatic rings. The lowest BCUT2D eigenvalue weighted by Gasteiger charge is -2.26. The minimum Gasteiger partial charge on any atom is -0.479 e. The van der Waals surface area contributed by atoms with Gasteiger partial charge in [0.05, 0.1) is 18.6 Å². The third kappa shape index (κ3) is 7.35. The number of imidazole rings is 1. The number of aliphatic carboxylic acids is 1. The Balaban J connectivity index is 0.00000141. The van der Waals surface area contributed by atoms with Crippen LogP contribution in [0.1, 0.15) is 29.5 Å². The molecule has 1 fully saturated rings. The van der Waals surface area contributed by atoms with E-state index < -0.39 is 36.1 Å². The second-order valence-corrected chi connectivity index (χ2v) is 10.3. The number of hydrogen-bond donors (Lipinski definition) is 3. The number of carboxylic acids is 1. The summed E-state index contributed by atoms with van der Waals surface area (Å²) in [6.07, 6.45) is 4.35. The predicted molar refractivity (Wildman–Crippen MR) is 155 cm³/mol. The first kappa shape index (κ1) is 32.4. The molecule has 0 saturated carbocycles. The summed E-state index contributed by atoms with van der Waals surface area (Å²) < 4.78 is 13.1. The van der Waals surface area contributed by atoms with Gasteiger partial charge in [0, 0.05) is 6.42 Å². The van der Waals surface area contributed by atoms with E-state index in [1.165, 1.54) is 16.5 Å². The Bertz CT molecular complexity index is 1640. The van der Waals surface area contributed by atoms with E-state index in [9.17, 15) is 20.1 Å². The Labute approximate surface area is 257 Å². The van der Waals surface area contributed by atoms with Crippen molar-refractivity contribution in [3.05, 3.63) is 89.1 Å². The van der Waals surface area contributed by atoms with Crippen LogP contribution < -0.4 is 0 Å². The van der Waals surface area contributed by atoms with Crippen molar-refractivity contribution in [3.63, 3.8) is 0 Å². The van der Waals surface area contributed by atoms with Crippen molar-refractivity contribution in [1.82, 2.24) is 19.5 Å². The fourth-order valence-electron chi connectivity index (χ4n) is 4.98. The maximum absolute atomic E-state index is 11.9. The van der Waals surface area contributed by atoms with Crippen LogP contribution in [-0.4, -0.2) is 77.5 Å². The number of benzene rings is 2. The quantitative estimate of drug-likeness (QED) is 0.166. The molecule has 13 heteroatoms. The number of carbonyl (C=O) groups excluding carboxylic acids is 2. The van der Waals surface area contributed by atoms with Crippen LogP contribution in [0.2, 0.25) is 5.28 Å². The van der Waals surface area contributed by atoms with E-state index in [0.29, 0.717) is 23.3 Å². The number of aryl methyl sites for hydroxylation is 2. The topological polar surface area (TPSA) is 174 Å². The van der Waals surface area contributed by atoms with Crippen molar-refractivity contribution in [3.8, 4) is 12.3 Å². The number of ether oxygens (including phenoxy) is 2. The van der Waals surface area contributed by atoms with E-state index in [4.69, 9.17) is 37.1 Å². The van der Waals surface area contributed by atoms with Crippen LogP contribution in [0.15, 0.2) is 67.0 Å². The van der Waals surface area contributed by atoms with Crippen molar-refractivity contribution in [1.29, 1.82) is 0 Å². The van der Waals surface area contributed by atoms with Gasteiger partial charge in [0.1, 0.15) is 17.7 Å². The first-order valence-corrected chi connectivity index (χ1v) is 13.9. The zero-order chi connectivity index (χ0) is 31.7. The predicted octanol–water partition coefficient (Wildman–Crippen LogP) is 2.41. The van der Waals surface area contributed by atoms with Gasteiger partial charge < -0.3 is 24.8 Å². The van der Waals surface area contributed by atoms with E-state index in [2.05, 4.69) is 33.0 Å². The molecule has 3 heterocycles.